The maximum absolute atomic E-state index is 12.6. The van der Waals surface area contributed by atoms with Crippen LogP contribution in [0, 0.1) is 0 Å². The fraction of sp³-hybridized carbons (Fsp3) is 0.536. The van der Waals surface area contributed by atoms with Gasteiger partial charge in [0.15, 0.2) is 0 Å². The summed E-state index contributed by atoms with van der Waals surface area (Å²) in [6.07, 6.45) is 5.69. The molecule has 4 rings (SSSR count). The van der Waals surface area contributed by atoms with Crippen LogP contribution in [0.15, 0.2) is 48.5 Å². The Balaban J connectivity index is 1.29. The van der Waals surface area contributed by atoms with E-state index in [-0.39, 0.29) is 18.1 Å². The summed E-state index contributed by atoms with van der Waals surface area (Å²) in [7, 11) is 0. The van der Waals surface area contributed by atoms with Crippen molar-refractivity contribution in [3.05, 3.63) is 65.2 Å². The van der Waals surface area contributed by atoms with Crippen LogP contribution in [0.25, 0.3) is 0 Å². The maximum Gasteiger partial charge on any atom is 0.251 e. The van der Waals surface area contributed by atoms with Crippen molar-refractivity contribution in [2.75, 3.05) is 13.1 Å². The summed E-state index contributed by atoms with van der Waals surface area (Å²) in [6, 6.07) is 17.8. The third-order valence-corrected chi connectivity index (χ3v) is 6.97. The van der Waals surface area contributed by atoms with Crippen molar-refractivity contribution in [1.82, 2.24) is 16.0 Å². The van der Waals surface area contributed by atoms with E-state index in [9.17, 15) is 4.79 Å². The molecule has 1 aliphatic heterocycles. The van der Waals surface area contributed by atoms with Crippen LogP contribution < -0.4 is 20.7 Å². The van der Waals surface area contributed by atoms with Crippen molar-refractivity contribution in [3.8, 4) is 5.75 Å². The van der Waals surface area contributed by atoms with E-state index >= 15 is 0 Å². The lowest BCUT2D eigenvalue weighted by Gasteiger charge is -2.23. The highest BCUT2D eigenvalue weighted by molar-refractivity contribution is 5.94. The smallest absolute Gasteiger partial charge is 0.251 e. The van der Waals surface area contributed by atoms with Crippen LogP contribution in [0.5, 0.6) is 5.75 Å². The van der Waals surface area contributed by atoms with Gasteiger partial charge in [-0.25, -0.2) is 0 Å². The second kappa shape index (κ2) is 11.2. The lowest BCUT2D eigenvalue weighted by Crippen LogP contribution is -2.42. The lowest BCUT2D eigenvalue weighted by molar-refractivity contribution is 0.0929. The predicted molar refractivity (Wildman–Crippen MR) is 134 cm³/mol. The molecule has 3 N–H and O–H groups in total. The lowest BCUT2D eigenvalue weighted by atomic mass is 9.96. The van der Waals surface area contributed by atoms with Crippen LogP contribution in [0.1, 0.15) is 86.3 Å². The predicted octanol–water partition coefficient (Wildman–Crippen LogP) is 4.94. The summed E-state index contributed by atoms with van der Waals surface area (Å²) >= 11 is 0. The van der Waals surface area contributed by atoms with Gasteiger partial charge in [0.1, 0.15) is 5.75 Å². The Bertz CT molecular complexity index is 906. The van der Waals surface area contributed by atoms with Gasteiger partial charge in [-0.15, -0.1) is 0 Å². The fourth-order valence-corrected chi connectivity index (χ4v) is 5.16. The summed E-state index contributed by atoms with van der Waals surface area (Å²) in [5.74, 6) is 1.54. The number of amides is 1. The molecule has 3 atom stereocenters. The van der Waals surface area contributed by atoms with Crippen LogP contribution in [0.4, 0.5) is 0 Å². The van der Waals surface area contributed by atoms with Gasteiger partial charge in [-0.3, -0.25) is 4.79 Å². The van der Waals surface area contributed by atoms with E-state index in [1.54, 1.807) is 0 Å². The van der Waals surface area contributed by atoms with Crippen LogP contribution in [-0.2, 0) is 0 Å². The standard InChI is InChI=1S/C28H39N3O2/c1-19(2)33-27-6-4-5-23(18-27)20(3)30-26-12-11-24(17-26)21-7-9-22(10-8-21)28(32)31-25-13-15-29-16-14-25/h4-10,18-20,24-26,29-30H,11-17H2,1-3H3,(H,31,32)/t20-,24+,26?/m1/s1. The van der Waals surface area contributed by atoms with Gasteiger partial charge < -0.3 is 20.7 Å². The molecule has 0 radical (unpaired) electrons. The van der Waals surface area contributed by atoms with Gasteiger partial charge in [0.05, 0.1) is 6.10 Å². The van der Waals surface area contributed by atoms with Gasteiger partial charge in [0, 0.05) is 23.7 Å². The molecule has 1 unspecified atom stereocenters. The van der Waals surface area contributed by atoms with E-state index in [0.29, 0.717) is 18.0 Å². The van der Waals surface area contributed by atoms with Crippen LogP contribution in [-0.4, -0.2) is 37.2 Å². The molecule has 1 saturated heterocycles. The molecule has 1 saturated carbocycles. The Morgan fingerprint density at radius 1 is 0.970 bits per heavy atom. The number of carbonyl (C=O) groups excluding carboxylic acids is 1. The number of ether oxygens (including phenoxy) is 1. The second-order valence-corrected chi connectivity index (χ2v) is 9.95. The molecule has 33 heavy (non-hydrogen) atoms. The summed E-state index contributed by atoms with van der Waals surface area (Å²) in [4.78, 5) is 12.6. The number of rotatable bonds is 8. The van der Waals surface area contributed by atoms with E-state index in [0.717, 1.165) is 43.7 Å². The topological polar surface area (TPSA) is 62.4 Å². The molecule has 2 aromatic rings. The van der Waals surface area contributed by atoms with Gasteiger partial charge in [-0.2, -0.15) is 0 Å². The molecule has 2 aromatic carbocycles. The zero-order valence-electron chi connectivity index (χ0n) is 20.3. The third-order valence-electron chi connectivity index (χ3n) is 6.97. The molecule has 2 aliphatic rings. The minimum atomic E-state index is 0.0527. The summed E-state index contributed by atoms with van der Waals surface area (Å²) in [5.41, 5.74) is 3.38. The van der Waals surface area contributed by atoms with E-state index in [1.807, 2.05) is 18.2 Å². The second-order valence-electron chi connectivity index (χ2n) is 9.95. The summed E-state index contributed by atoms with van der Waals surface area (Å²) in [6.45, 7) is 8.31. The van der Waals surface area contributed by atoms with E-state index in [2.05, 4.69) is 67.1 Å². The molecule has 5 heteroatoms. The molecule has 5 nitrogen and oxygen atoms in total. The zero-order chi connectivity index (χ0) is 23.2. The first-order chi connectivity index (χ1) is 16.0. The number of piperidine rings is 1. The Morgan fingerprint density at radius 2 is 1.73 bits per heavy atom. The summed E-state index contributed by atoms with van der Waals surface area (Å²) < 4.78 is 5.86. The van der Waals surface area contributed by atoms with Crippen molar-refractivity contribution in [2.45, 2.75) is 83.0 Å². The van der Waals surface area contributed by atoms with Gasteiger partial charge in [0.25, 0.3) is 5.91 Å². The molecule has 1 amide bonds. The highest BCUT2D eigenvalue weighted by Crippen LogP contribution is 2.35. The fourth-order valence-electron chi connectivity index (χ4n) is 5.16. The Morgan fingerprint density at radius 3 is 2.45 bits per heavy atom. The number of hydrogen-bond acceptors (Lipinski definition) is 4. The van der Waals surface area contributed by atoms with Crippen LogP contribution >= 0.6 is 0 Å². The molecule has 0 bridgehead atoms. The minimum Gasteiger partial charge on any atom is -0.491 e. The normalized spacial score (nSPS) is 22.3. The average molecular weight is 450 g/mol. The van der Waals surface area contributed by atoms with Crippen LogP contribution in [0.2, 0.25) is 0 Å². The van der Waals surface area contributed by atoms with E-state index in [1.165, 1.54) is 24.0 Å². The number of nitrogens with one attached hydrogen (secondary N) is 3. The maximum atomic E-state index is 12.6. The molecule has 0 spiro atoms. The first kappa shape index (κ1) is 23.8. The first-order valence-electron chi connectivity index (χ1n) is 12.6. The van der Waals surface area contributed by atoms with Gasteiger partial charge in [-0.1, -0.05) is 24.3 Å². The number of hydrogen-bond donors (Lipinski definition) is 3. The summed E-state index contributed by atoms with van der Waals surface area (Å²) in [5, 5.41) is 10.3. The minimum absolute atomic E-state index is 0.0527. The average Bonchev–Trinajstić information content (AvgIpc) is 3.28. The molecule has 1 heterocycles. The van der Waals surface area contributed by atoms with Crippen molar-refractivity contribution < 1.29 is 9.53 Å². The van der Waals surface area contributed by atoms with Crippen molar-refractivity contribution in [2.24, 2.45) is 0 Å². The van der Waals surface area contributed by atoms with Gasteiger partial charge in [-0.05, 0) is 107 Å². The van der Waals surface area contributed by atoms with Gasteiger partial charge >= 0.3 is 0 Å². The molecule has 2 fully saturated rings. The SMILES string of the molecule is CC(C)Oc1cccc([C@@H](C)NC2CC[C@H](c3ccc(C(=O)NC4CCNCC4)cc3)C2)c1. The van der Waals surface area contributed by atoms with Crippen LogP contribution in [0.3, 0.4) is 0 Å². The van der Waals surface area contributed by atoms with Gasteiger partial charge in [0.2, 0.25) is 0 Å². The Labute approximate surface area is 198 Å². The Hall–Kier alpha value is -2.37. The molecule has 0 aromatic heterocycles. The third kappa shape index (κ3) is 6.58. The monoisotopic (exact) mass is 449 g/mol. The molecular formula is C28H39N3O2. The highest BCUT2D eigenvalue weighted by atomic mass is 16.5. The highest BCUT2D eigenvalue weighted by Gasteiger charge is 2.27. The molecule has 178 valence electrons. The zero-order valence-corrected chi connectivity index (χ0v) is 20.3. The van der Waals surface area contributed by atoms with E-state index < -0.39 is 0 Å². The number of carbonyl (C=O) groups is 1. The Kier molecular flexibility index (Phi) is 8.05. The molecule has 1 aliphatic carbocycles. The van der Waals surface area contributed by atoms with E-state index in [4.69, 9.17) is 4.74 Å². The molecular weight excluding hydrogens is 410 g/mol. The quantitative estimate of drug-likeness (QED) is 0.534. The van der Waals surface area contributed by atoms with Crippen molar-refractivity contribution in [1.29, 1.82) is 0 Å². The van der Waals surface area contributed by atoms with Crippen molar-refractivity contribution in [3.63, 3.8) is 0 Å². The largest absolute Gasteiger partial charge is 0.491 e. The van der Waals surface area contributed by atoms with Crippen molar-refractivity contribution >= 4 is 5.91 Å². The number of benzene rings is 2. The first-order valence-corrected chi connectivity index (χ1v) is 12.6.